The lowest BCUT2D eigenvalue weighted by Crippen LogP contribution is -2.32. The van der Waals surface area contributed by atoms with Crippen LogP contribution in [0.4, 0.5) is 4.39 Å². The average Bonchev–Trinajstić information content (AvgIpc) is 2.59. The summed E-state index contributed by atoms with van der Waals surface area (Å²) >= 11 is 0. The predicted octanol–water partition coefficient (Wildman–Crippen LogP) is 5.39. The number of nitrogens with two attached hydrogens (primary N) is 1. The second kappa shape index (κ2) is 6.47. The van der Waals surface area contributed by atoms with Crippen LogP contribution in [0.5, 0.6) is 0 Å². The molecule has 3 heteroatoms. The molecule has 0 saturated carbocycles. The van der Waals surface area contributed by atoms with Crippen LogP contribution in [0.15, 0.2) is 65.7 Å². The van der Waals surface area contributed by atoms with Crippen molar-refractivity contribution in [3.63, 3.8) is 0 Å². The number of allylic oxidation sites excluding steroid dienone is 6. The van der Waals surface area contributed by atoms with Crippen molar-refractivity contribution >= 4 is 11.8 Å². The average molecular weight is 336 g/mol. The molecule has 2 aliphatic carbocycles. The van der Waals surface area contributed by atoms with Crippen LogP contribution in [-0.4, -0.2) is 5.71 Å². The summed E-state index contributed by atoms with van der Waals surface area (Å²) in [4.78, 5) is 0. The maximum absolute atomic E-state index is 14.3. The van der Waals surface area contributed by atoms with Crippen molar-refractivity contribution in [1.29, 1.82) is 5.41 Å². The molecule has 3 N–H and O–H groups in total. The first-order valence-corrected chi connectivity index (χ1v) is 8.74. The summed E-state index contributed by atoms with van der Waals surface area (Å²) in [7, 11) is 0. The summed E-state index contributed by atoms with van der Waals surface area (Å²) in [6.07, 6.45) is 10.4. The molecule has 0 spiro atoms. The minimum atomic E-state index is -0.381. The normalized spacial score (nSPS) is 27.6. The highest BCUT2D eigenvalue weighted by Crippen LogP contribution is 2.46. The van der Waals surface area contributed by atoms with E-state index in [2.05, 4.69) is 45.1 Å². The topological polar surface area (TPSA) is 49.9 Å². The maximum Gasteiger partial charge on any atom is 0.123 e. The van der Waals surface area contributed by atoms with E-state index in [0.29, 0.717) is 11.6 Å². The molecule has 2 atom stereocenters. The van der Waals surface area contributed by atoms with Crippen molar-refractivity contribution < 1.29 is 4.39 Å². The third-order valence-electron chi connectivity index (χ3n) is 5.11. The molecule has 1 aromatic carbocycles. The molecule has 1 aromatic rings. The molecule has 0 saturated heterocycles. The second-order valence-electron chi connectivity index (χ2n) is 7.48. The Hall–Kier alpha value is -2.42. The minimum absolute atomic E-state index is 0.146. The Morgan fingerprint density at radius 1 is 1.32 bits per heavy atom. The van der Waals surface area contributed by atoms with Gasteiger partial charge in [-0.1, -0.05) is 69.3 Å². The molecule has 2 unspecified atom stereocenters. The molecule has 0 aliphatic heterocycles. The number of rotatable bonds is 2. The molecule has 0 amide bonds. The quantitative estimate of drug-likeness (QED) is 0.699. The number of fused-ring (bicyclic) bond motifs is 2. The van der Waals surface area contributed by atoms with Crippen molar-refractivity contribution in [2.75, 3.05) is 0 Å². The second-order valence-corrected chi connectivity index (χ2v) is 7.48. The summed E-state index contributed by atoms with van der Waals surface area (Å²) in [5.41, 5.74) is 8.74. The standard InChI is InChI=1S/C22H25FN2/c1-14(2)8-10-22(3)11-9-15-6-4-5-7-16(15)21(25)17-12-20(24)19(23)13-18(17)22/h4-12,14,18,25H,13,24H2,1-3H3/b10-8?,11-9-,25-21?. The van der Waals surface area contributed by atoms with Crippen molar-refractivity contribution in [3.05, 3.63) is 76.8 Å². The van der Waals surface area contributed by atoms with E-state index in [9.17, 15) is 4.39 Å². The molecule has 3 rings (SSSR count). The molecule has 2 aliphatic rings. The van der Waals surface area contributed by atoms with Gasteiger partial charge in [-0.05, 0) is 23.1 Å². The van der Waals surface area contributed by atoms with Gasteiger partial charge in [0.2, 0.25) is 0 Å². The highest BCUT2D eigenvalue weighted by atomic mass is 19.1. The van der Waals surface area contributed by atoms with Crippen LogP contribution in [0.3, 0.4) is 0 Å². The highest BCUT2D eigenvalue weighted by Gasteiger charge is 2.38. The van der Waals surface area contributed by atoms with E-state index in [1.54, 1.807) is 6.08 Å². The van der Waals surface area contributed by atoms with Crippen LogP contribution in [0.1, 0.15) is 38.3 Å². The van der Waals surface area contributed by atoms with E-state index in [1.165, 1.54) is 0 Å². The predicted molar refractivity (Wildman–Crippen MR) is 103 cm³/mol. The summed E-state index contributed by atoms with van der Waals surface area (Å²) in [5.74, 6) is -0.0243. The molecule has 130 valence electrons. The van der Waals surface area contributed by atoms with Crippen molar-refractivity contribution in [2.24, 2.45) is 23.0 Å². The first-order chi connectivity index (χ1) is 11.8. The van der Waals surface area contributed by atoms with E-state index >= 15 is 0 Å². The smallest absolute Gasteiger partial charge is 0.123 e. The van der Waals surface area contributed by atoms with E-state index in [-0.39, 0.29) is 29.3 Å². The molecule has 25 heavy (non-hydrogen) atoms. The van der Waals surface area contributed by atoms with Crippen molar-refractivity contribution in [2.45, 2.75) is 27.2 Å². The number of benzene rings is 1. The van der Waals surface area contributed by atoms with Gasteiger partial charge in [-0.15, -0.1) is 0 Å². The third kappa shape index (κ3) is 3.23. The molecule has 0 radical (unpaired) electrons. The van der Waals surface area contributed by atoms with E-state index in [4.69, 9.17) is 11.1 Å². The fourth-order valence-electron chi connectivity index (χ4n) is 3.54. The largest absolute Gasteiger partial charge is 0.397 e. The van der Waals surface area contributed by atoms with Gasteiger partial charge in [0, 0.05) is 23.3 Å². The third-order valence-corrected chi connectivity index (χ3v) is 5.11. The lowest BCUT2D eigenvalue weighted by atomic mass is 9.66. The van der Waals surface area contributed by atoms with Crippen LogP contribution >= 0.6 is 0 Å². The SMILES string of the molecule is CC(C)C=CC1(C)/C=C\c2ccccc2C(=N)C2=CC(N)=C(F)CC21. The lowest BCUT2D eigenvalue weighted by molar-refractivity contribution is 0.349. The van der Waals surface area contributed by atoms with Gasteiger partial charge in [0.05, 0.1) is 11.4 Å². The lowest BCUT2D eigenvalue weighted by Gasteiger charge is -2.38. The van der Waals surface area contributed by atoms with Gasteiger partial charge in [0.15, 0.2) is 0 Å². The van der Waals surface area contributed by atoms with E-state index < -0.39 is 0 Å². The fourth-order valence-corrected chi connectivity index (χ4v) is 3.54. The zero-order chi connectivity index (χ0) is 18.2. The van der Waals surface area contributed by atoms with Crippen molar-refractivity contribution in [1.82, 2.24) is 0 Å². The summed E-state index contributed by atoms with van der Waals surface area (Å²) in [6, 6.07) is 7.85. The van der Waals surface area contributed by atoms with Crippen LogP contribution in [0.2, 0.25) is 0 Å². The van der Waals surface area contributed by atoms with Gasteiger partial charge in [-0.25, -0.2) is 4.39 Å². The summed E-state index contributed by atoms with van der Waals surface area (Å²) in [5, 5.41) is 8.75. The molecule has 0 fully saturated rings. The first-order valence-electron chi connectivity index (χ1n) is 8.74. The number of hydrogen-bond acceptors (Lipinski definition) is 2. The Morgan fingerprint density at radius 3 is 2.76 bits per heavy atom. The van der Waals surface area contributed by atoms with E-state index in [1.807, 2.05) is 24.3 Å². The molecule has 0 heterocycles. The minimum Gasteiger partial charge on any atom is -0.397 e. The fraction of sp³-hybridized carbons (Fsp3) is 0.318. The molecule has 2 nitrogen and oxygen atoms in total. The zero-order valence-electron chi connectivity index (χ0n) is 15.0. The molecular formula is C22H25FN2. The monoisotopic (exact) mass is 336 g/mol. The number of halogens is 1. The number of hydrogen-bond donors (Lipinski definition) is 2. The first kappa shape index (κ1) is 17.4. The highest BCUT2D eigenvalue weighted by molar-refractivity contribution is 6.13. The Labute approximate surface area is 149 Å². The van der Waals surface area contributed by atoms with Gasteiger partial charge in [-0.2, -0.15) is 0 Å². The van der Waals surface area contributed by atoms with Gasteiger partial charge < -0.3 is 5.73 Å². The van der Waals surface area contributed by atoms with Gasteiger partial charge in [0.25, 0.3) is 0 Å². The Kier molecular flexibility index (Phi) is 4.51. The van der Waals surface area contributed by atoms with Crippen molar-refractivity contribution in [3.8, 4) is 0 Å². The molecule has 0 bridgehead atoms. The maximum atomic E-state index is 14.3. The van der Waals surface area contributed by atoms with E-state index in [0.717, 1.165) is 16.7 Å². The van der Waals surface area contributed by atoms with Crippen LogP contribution < -0.4 is 5.73 Å². The molecular weight excluding hydrogens is 311 g/mol. The van der Waals surface area contributed by atoms with Crippen LogP contribution in [0, 0.1) is 22.7 Å². The van der Waals surface area contributed by atoms with Gasteiger partial charge in [0.1, 0.15) is 5.83 Å². The van der Waals surface area contributed by atoms with Gasteiger partial charge >= 0.3 is 0 Å². The summed E-state index contributed by atoms with van der Waals surface area (Å²) < 4.78 is 14.3. The Balaban J connectivity index is 2.22. The van der Waals surface area contributed by atoms with Gasteiger partial charge in [-0.3, -0.25) is 5.41 Å². The summed E-state index contributed by atoms with van der Waals surface area (Å²) in [6.45, 7) is 6.36. The molecule has 0 aromatic heterocycles. The van der Waals surface area contributed by atoms with Crippen LogP contribution in [-0.2, 0) is 0 Å². The Bertz CT molecular complexity index is 826. The zero-order valence-corrected chi connectivity index (χ0v) is 15.0. The Morgan fingerprint density at radius 2 is 2.04 bits per heavy atom. The number of nitrogens with one attached hydrogen (secondary N) is 1. The van der Waals surface area contributed by atoms with Crippen LogP contribution in [0.25, 0.3) is 6.08 Å².